The van der Waals surface area contributed by atoms with Crippen LogP contribution in [0.15, 0.2) is 24.3 Å². The number of nitrogens with zero attached hydrogens (tertiary/aromatic N) is 5. The van der Waals surface area contributed by atoms with E-state index in [1.807, 2.05) is 32.0 Å². The molecule has 2 aliphatic rings. The van der Waals surface area contributed by atoms with E-state index in [0.29, 0.717) is 18.1 Å². The predicted molar refractivity (Wildman–Crippen MR) is 89.7 cm³/mol. The van der Waals surface area contributed by atoms with Crippen LogP contribution in [0.3, 0.4) is 0 Å². The molecule has 4 rings (SSSR count). The quantitative estimate of drug-likeness (QED) is 0.893. The number of aromatic nitrogens is 4. The van der Waals surface area contributed by atoms with E-state index in [2.05, 4.69) is 20.8 Å². The van der Waals surface area contributed by atoms with Gasteiger partial charge in [0.1, 0.15) is 6.04 Å². The Morgan fingerprint density at radius 1 is 1.28 bits per heavy atom. The van der Waals surface area contributed by atoms with Crippen molar-refractivity contribution in [1.29, 1.82) is 0 Å². The van der Waals surface area contributed by atoms with Gasteiger partial charge in [-0.3, -0.25) is 14.9 Å². The number of rotatable bonds is 5. The number of amides is 2. The standard InChI is InChI=1S/C17H20N6O2/c1-10(2)14(22-9-11-5-3-4-6-13(11)16(22)25)15(24)18-17-19-20-21-23(17)12-7-8-12/h3-6,10,12,14H,7-9H2,1-2H3,(H,18,19,21,24)/t14-/m0/s1. The molecule has 0 radical (unpaired) electrons. The number of carbonyl (C=O) groups excluding carboxylic acids is 2. The average molecular weight is 340 g/mol. The van der Waals surface area contributed by atoms with E-state index in [9.17, 15) is 9.59 Å². The molecular formula is C17H20N6O2. The fraction of sp³-hybridized carbons (Fsp3) is 0.471. The Labute approximate surface area is 145 Å². The summed E-state index contributed by atoms with van der Waals surface area (Å²) in [6, 6.07) is 7.17. The first-order valence-corrected chi connectivity index (χ1v) is 8.54. The van der Waals surface area contributed by atoms with E-state index in [1.165, 1.54) is 0 Å². The minimum atomic E-state index is -0.579. The Balaban J connectivity index is 1.56. The summed E-state index contributed by atoms with van der Waals surface area (Å²) in [5, 5.41) is 14.3. The molecule has 1 N–H and O–H groups in total. The zero-order valence-corrected chi connectivity index (χ0v) is 14.2. The van der Waals surface area contributed by atoms with Gasteiger partial charge in [0, 0.05) is 12.1 Å². The van der Waals surface area contributed by atoms with Gasteiger partial charge in [0.25, 0.3) is 5.91 Å². The van der Waals surface area contributed by atoms with Crippen LogP contribution in [0.5, 0.6) is 0 Å². The van der Waals surface area contributed by atoms with Crippen molar-refractivity contribution < 1.29 is 9.59 Å². The lowest BCUT2D eigenvalue weighted by molar-refractivity contribution is -0.122. The Hall–Kier alpha value is -2.77. The molecule has 130 valence electrons. The fourth-order valence-corrected chi connectivity index (χ4v) is 3.33. The fourth-order valence-electron chi connectivity index (χ4n) is 3.33. The number of fused-ring (bicyclic) bond motifs is 1. The normalized spacial score (nSPS) is 17.7. The molecule has 2 heterocycles. The van der Waals surface area contributed by atoms with E-state index in [-0.39, 0.29) is 23.8 Å². The van der Waals surface area contributed by atoms with Crippen molar-refractivity contribution in [2.45, 2.75) is 45.3 Å². The molecule has 1 fully saturated rings. The number of nitrogens with one attached hydrogen (secondary N) is 1. The lowest BCUT2D eigenvalue weighted by Gasteiger charge is -2.29. The highest BCUT2D eigenvalue weighted by Gasteiger charge is 2.38. The molecule has 8 heteroatoms. The minimum absolute atomic E-state index is 0.0384. The van der Waals surface area contributed by atoms with Crippen molar-refractivity contribution in [2.24, 2.45) is 5.92 Å². The van der Waals surface area contributed by atoms with Crippen molar-refractivity contribution in [3.63, 3.8) is 0 Å². The molecule has 0 unspecified atom stereocenters. The first-order valence-electron chi connectivity index (χ1n) is 8.54. The summed E-state index contributed by atoms with van der Waals surface area (Å²) in [7, 11) is 0. The zero-order valence-electron chi connectivity index (χ0n) is 14.2. The number of tetrazole rings is 1. The third kappa shape index (κ3) is 2.77. The lowest BCUT2D eigenvalue weighted by atomic mass is 10.0. The van der Waals surface area contributed by atoms with Gasteiger partial charge in [0.15, 0.2) is 0 Å². The van der Waals surface area contributed by atoms with Crippen LogP contribution >= 0.6 is 0 Å². The van der Waals surface area contributed by atoms with Gasteiger partial charge in [-0.25, -0.2) is 4.68 Å². The topological polar surface area (TPSA) is 93.0 Å². The van der Waals surface area contributed by atoms with Crippen molar-refractivity contribution in [3.8, 4) is 0 Å². The highest BCUT2D eigenvalue weighted by atomic mass is 16.2. The second-order valence-corrected chi connectivity index (χ2v) is 6.95. The van der Waals surface area contributed by atoms with E-state index >= 15 is 0 Å². The van der Waals surface area contributed by atoms with E-state index in [4.69, 9.17) is 0 Å². The third-order valence-corrected chi connectivity index (χ3v) is 4.71. The lowest BCUT2D eigenvalue weighted by Crippen LogP contribution is -2.47. The summed E-state index contributed by atoms with van der Waals surface area (Å²) in [6.07, 6.45) is 2.03. The monoisotopic (exact) mass is 340 g/mol. The van der Waals surface area contributed by atoms with Gasteiger partial charge in [0.2, 0.25) is 11.9 Å². The first-order chi connectivity index (χ1) is 12.1. The SMILES string of the molecule is CC(C)[C@@H](C(=O)Nc1nnnn1C1CC1)N1Cc2ccccc2C1=O. The second kappa shape index (κ2) is 5.94. The number of anilines is 1. The van der Waals surface area contributed by atoms with Gasteiger partial charge in [0.05, 0.1) is 6.04 Å². The molecule has 1 aromatic carbocycles. The molecule has 1 aliphatic heterocycles. The van der Waals surface area contributed by atoms with Gasteiger partial charge in [-0.1, -0.05) is 37.1 Å². The molecule has 8 nitrogen and oxygen atoms in total. The molecule has 1 saturated carbocycles. The maximum absolute atomic E-state index is 12.9. The summed E-state index contributed by atoms with van der Waals surface area (Å²) >= 11 is 0. The van der Waals surface area contributed by atoms with E-state index in [1.54, 1.807) is 15.6 Å². The number of hydrogen-bond donors (Lipinski definition) is 1. The molecular weight excluding hydrogens is 320 g/mol. The average Bonchev–Trinajstić information content (AvgIpc) is 3.24. The summed E-state index contributed by atoms with van der Waals surface area (Å²) in [5.74, 6) is -0.0510. The summed E-state index contributed by atoms with van der Waals surface area (Å²) < 4.78 is 1.65. The second-order valence-electron chi connectivity index (χ2n) is 6.95. The molecule has 1 atom stereocenters. The van der Waals surface area contributed by atoms with Crippen LogP contribution in [0.1, 0.15) is 48.7 Å². The van der Waals surface area contributed by atoms with Crippen molar-refractivity contribution in [1.82, 2.24) is 25.1 Å². The molecule has 25 heavy (non-hydrogen) atoms. The minimum Gasteiger partial charge on any atom is -0.322 e. The van der Waals surface area contributed by atoms with Crippen LogP contribution in [0, 0.1) is 5.92 Å². The molecule has 1 aromatic heterocycles. The molecule has 0 spiro atoms. The number of benzene rings is 1. The van der Waals surface area contributed by atoms with Gasteiger partial charge >= 0.3 is 0 Å². The van der Waals surface area contributed by atoms with Gasteiger partial charge in [-0.15, -0.1) is 0 Å². The number of carbonyl (C=O) groups is 2. The molecule has 0 bridgehead atoms. The molecule has 2 amide bonds. The first kappa shape index (κ1) is 15.7. The van der Waals surface area contributed by atoms with Gasteiger partial charge in [-0.05, 0) is 40.8 Å². The Morgan fingerprint density at radius 3 is 2.72 bits per heavy atom. The Morgan fingerprint density at radius 2 is 2.04 bits per heavy atom. The Kier molecular flexibility index (Phi) is 3.74. The summed E-state index contributed by atoms with van der Waals surface area (Å²) in [4.78, 5) is 27.3. The zero-order chi connectivity index (χ0) is 17.6. The van der Waals surface area contributed by atoms with Crippen LogP contribution < -0.4 is 5.32 Å². The van der Waals surface area contributed by atoms with Crippen LogP contribution in [-0.2, 0) is 11.3 Å². The van der Waals surface area contributed by atoms with Crippen LogP contribution in [-0.4, -0.2) is 43.0 Å². The smallest absolute Gasteiger partial charge is 0.255 e. The van der Waals surface area contributed by atoms with Crippen LogP contribution in [0.2, 0.25) is 0 Å². The molecule has 1 aliphatic carbocycles. The third-order valence-electron chi connectivity index (χ3n) is 4.71. The summed E-state index contributed by atoms with van der Waals surface area (Å²) in [6.45, 7) is 4.31. The highest BCUT2D eigenvalue weighted by molar-refractivity contribution is 6.03. The summed E-state index contributed by atoms with van der Waals surface area (Å²) in [5.41, 5.74) is 1.62. The molecule has 2 aromatic rings. The maximum atomic E-state index is 12.9. The highest BCUT2D eigenvalue weighted by Crippen LogP contribution is 2.35. The predicted octanol–water partition coefficient (Wildman–Crippen LogP) is 1.63. The van der Waals surface area contributed by atoms with Crippen molar-refractivity contribution in [2.75, 3.05) is 5.32 Å². The van der Waals surface area contributed by atoms with E-state index in [0.717, 1.165) is 18.4 Å². The van der Waals surface area contributed by atoms with Gasteiger partial charge < -0.3 is 4.90 Å². The Bertz CT molecular complexity index is 826. The van der Waals surface area contributed by atoms with Crippen molar-refractivity contribution in [3.05, 3.63) is 35.4 Å². The van der Waals surface area contributed by atoms with Crippen molar-refractivity contribution >= 4 is 17.8 Å². The largest absolute Gasteiger partial charge is 0.322 e. The van der Waals surface area contributed by atoms with E-state index < -0.39 is 6.04 Å². The number of hydrogen-bond acceptors (Lipinski definition) is 5. The van der Waals surface area contributed by atoms with Crippen LogP contribution in [0.4, 0.5) is 5.95 Å². The van der Waals surface area contributed by atoms with Crippen LogP contribution in [0.25, 0.3) is 0 Å². The molecule has 0 saturated heterocycles. The van der Waals surface area contributed by atoms with Gasteiger partial charge in [-0.2, -0.15) is 0 Å². The maximum Gasteiger partial charge on any atom is 0.255 e.